The number of benzene rings is 2. The zero-order chi connectivity index (χ0) is 13.1. The Morgan fingerprint density at radius 2 is 1.78 bits per heavy atom. The van der Waals surface area contributed by atoms with Crippen LogP contribution < -0.4 is 5.32 Å². The van der Waals surface area contributed by atoms with Crippen LogP contribution in [-0.2, 0) is 0 Å². The monoisotopic (exact) mass is 359 g/mol. The predicted octanol–water partition coefficient (Wildman–Crippen LogP) is 3.88. The van der Waals surface area contributed by atoms with Gasteiger partial charge >= 0.3 is 0 Å². The Hall–Kier alpha value is -1.01. The maximum Gasteiger partial charge on any atom is 0.131 e. The summed E-state index contributed by atoms with van der Waals surface area (Å²) >= 11 is 2.21. The molecule has 0 aromatic heterocycles. The summed E-state index contributed by atoms with van der Waals surface area (Å²) in [6.45, 7) is 0. The number of rotatable bonds is 3. The van der Waals surface area contributed by atoms with Gasteiger partial charge in [-0.25, -0.2) is 8.78 Å². The average Bonchev–Trinajstić information content (AvgIpc) is 2.34. The zero-order valence-corrected chi connectivity index (χ0v) is 11.9. The lowest BCUT2D eigenvalue weighted by Crippen LogP contribution is -2.20. The fourth-order valence-electron chi connectivity index (χ4n) is 1.92. The van der Waals surface area contributed by atoms with Crippen molar-refractivity contribution in [2.75, 3.05) is 7.05 Å². The maximum atomic E-state index is 13.8. The summed E-state index contributed by atoms with van der Waals surface area (Å²) in [4.78, 5) is 0. The average molecular weight is 359 g/mol. The summed E-state index contributed by atoms with van der Waals surface area (Å²) in [5.74, 6) is -1.09. The van der Waals surface area contributed by atoms with Gasteiger partial charge in [0.25, 0.3) is 0 Å². The molecule has 2 aromatic rings. The molecule has 0 bridgehead atoms. The highest BCUT2D eigenvalue weighted by atomic mass is 127. The van der Waals surface area contributed by atoms with Gasteiger partial charge in [0.15, 0.2) is 0 Å². The van der Waals surface area contributed by atoms with E-state index in [0.717, 1.165) is 15.2 Å². The van der Waals surface area contributed by atoms with E-state index in [4.69, 9.17) is 0 Å². The van der Waals surface area contributed by atoms with E-state index in [1.807, 2.05) is 24.3 Å². The smallest absolute Gasteiger partial charge is 0.131 e. The highest BCUT2D eigenvalue weighted by Crippen LogP contribution is 2.27. The van der Waals surface area contributed by atoms with Crippen LogP contribution in [0.15, 0.2) is 42.5 Å². The minimum absolute atomic E-state index is 0.279. The molecule has 0 saturated carbocycles. The van der Waals surface area contributed by atoms with Crippen molar-refractivity contribution in [3.63, 3.8) is 0 Å². The van der Waals surface area contributed by atoms with Crippen molar-refractivity contribution in [3.05, 3.63) is 68.8 Å². The SMILES string of the molecule is CNC(c1ccc(F)cc1F)c1ccccc1I. The van der Waals surface area contributed by atoms with Gasteiger partial charge in [0, 0.05) is 15.2 Å². The Balaban J connectivity index is 2.49. The molecule has 94 valence electrons. The summed E-state index contributed by atoms with van der Waals surface area (Å²) in [7, 11) is 1.76. The van der Waals surface area contributed by atoms with Crippen LogP contribution in [-0.4, -0.2) is 7.05 Å². The van der Waals surface area contributed by atoms with Gasteiger partial charge in [-0.15, -0.1) is 0 Å². The van der Waals surface area contributed by atoms with Gasteiger partial charge in [-0.05, 0) is 47.3 Å². The van der Waals surface area contributed by atoms with Gasteiger partial charge in [-0.3, -0.25) is 0 Å². The third-order valence-electron chi connectivity index (χ3n) is 2.78. The fourth-order valence-corrected chi connectivity index (χ4v) is 2.62. The highest BCUT2D eigenvalue weighted by molar-refractivity contribution is 14.1. The molecule has 0 aliphatic rings. The molecule has 18 heavy (non-hydrogen) atoms. The van der Waals surface area contributed by atoms with Gasteiger partial charge in [0.1, 0.15) is 11.6 Å². The molecule has 0 heterocycles. The number of nitrogens with one attached hydrogen (secondary N) is 1. The van der Waals surface area contributed by atoms with E-state index in [-0.39, 0.29) is 6.04 Å². The Kier molecular flexibility index (Phi) is 4.29. The summed E-state index contributed by atoms with van der Waals surface area (Å²) < 4.78 is 27.8. The zero-order valence-electron chi connectivity index (χ0n) is 9.75. The first kappa shape index (κ1) is 13.4. The van der Waals surface area contributed by atoms with Crippen molar-refractivity contribution >= 4 is 22.6 Å². The van der Waals surface area contributed by atoms with E-state index < -0.39 is 11.6 Å². The van der Waals surface area contributed by atoms with Crippen LogP contribution in [0.2, 0.25) is 0 Å². The summed E-state index contributed by atoms with van der Waals surface area (Å²) in [5.41, 5.74) is 1.43. The lowest BCUT2D eigenvalue weighted by atomic mass is 9.98. The van der Waals surface area contributed by atoms with Gasteiger partial charge in [0.2, 0.25) is 0 Å². The van der Waals surface area contributed by atoms with Crippen LogP contribution in [0.25, 0.3) is 0 Å². The summed E-state index contributed by atoms with van der Waals surface area (Å²) in [6.07, 6.45) is 0. The van der Waals surface area contributed by atoms with Gasteiger partial charge in [0.05, 0.1) is 6.04 Å². The highest BCUT2D eigenvalue weighted by Gasteiger charge is 2.18. The lowest BCUT2D eigenvalue weighted by Gasteiger charge is -2.19. The third kappa shape index (κ3) is 2.70. The van der Waals surface area contributed by atoms with Crippen LogP contribution in [0.4, 0.5) is 8.78 Å². The molecule has 0 aliphatic heterocycles. The molecule has 0 spiro atoms. The molecule has 1 nitrogen and oxygen atoms in total. The first-order valence-corrected chi connectivity index (χ1v) is 6.58. The molecule has 0 saturated heterocycles. The van der Waals surface area contributed by atoms with Crippen molar-refractivity contribution in [2.24, 2.45) is 0 Å². The van der Waals surface area contributed by atoms with Crippen LogP contribution in [0.3, 0.4) is 0 Å². The molecule has 1 N–H and O–H groups in total. The fraction of sp³-hybridized carbons (Fsp3) is 0.143. The van der Waals surface area contributed by atoms with E-state index in [1.54, 1.807) is 7.05 Å². The first-order chi connectivity index (χ1) is 8.63. The van der Waals surface area contributed by atoms with Crippen molar-refractivity contribution in [1.82, 2.24) is 5.32 Å². The topological polar surface area (TPSA) is 12.0 Å². The van der Waals surface area contributed by atoms with Gasteiger partial charge in [-0.1, -0.05) is 24.3 Å². The van der Waals surface area contributed by atoms with E-state index in [2.05, 4.69) is 27.9 Å². The molecular weight excluding hydrogens is 347 g/mol. The van der Waals surface area contributed by atoms with Crippen molar-refractivity contribution < 1.29 is 8.78 Å². The second kappa shape index (κ2) is 5.75. The number of halogens is 3. The van der Waals surface area contributed by atoms with Crippen molar-refractivity contribution in [1.29, 1.82) is 0 Å². The second-order valence-electron chi connectivity index (χ2n) is 3.91. The minimum Gasteiger partial charge on any atom is -0.309 e. The standard InChI is InChI=1S/C14H12F2IN/c1-18-14(11-4-2-3-5-13(11)17)10-7-6-9(15)8-12(10)16/h2-8,14,18H,1H3. The number of hydrogen-bond acceptors (Lipinski definition) is 1. The Labute approximate surface area is 118 Å². The van der Waals surface area contributed by atoms with E-state index >= 15 is 0 Å². The van der Waals surface area contributed by atoms with Crippen molar-refractivity contribution in [3.8, 4) is 0 Å². The summed E-state index contributed by atoms with van der Waals surface area (Å²) in [5, 5.41) is 3.07. The Bertz CT molecular complexity index is 557. The molecule has 0 aliphatic carbocycles. The molecule has 2 aromatic carbocycles. The van der Waals surface area contributed by atoms with Crippen LogP contribution in [0, 0.1) is 15.2 Å². The largest absolute Gasteiger partial charge is 0.309 e. The molecule has 4 heteroatoms. The maximum absolute atomic E-state index is 13.8. The predicted molar refractivity (Wildman–Crippen MR) is 76.4 cm³/mol. The molecular formula is C14H12F2IN. The van der Waals surface area contributed by atoms with Gasteiger partial charge < -0.3 is 5.32 Å². The summed E-state index contributed by atoms with van der Waals surface area (Å²) in [6, 6.07) is 11.1. The van der Waals surface area contributed by atoms with Gasteiger partial charge in [-0.2, -0.15) is 0 Å². The van der Waals surface area contributed by atoms with Crippen molar-refractivity contribution in [2.45, 2.75) is 6.04 Å². The van der Waals surface area contributed by atoms with Crippen LogP contribution in [0.5, 0.6) is 0 Å². The van der Waals surface area contributed by atoms with Crippen LogP contribution >= 0.6 is 22.6 Å². The Morgan fingerprint density at radius 3 is 2.39 bits per heavy atom. The lowest BCUT2D eigenvalue weighted by molar-refractivity contribution is 0.551. The number of hydrogen-bond donors (Lipinski definition) is 1. The normalized spacial score (nSPS) is 12.4. The quantitative estimate of drug-likeness (QED) is 0.821. The van der Waals surface area contributed by atoms with E-state index in [9.17, 15) is 8.78 Å². The Morgan fingerprint density at radius 1 is 1.06 bits per heavy atom. The minimum atomic E-state index is -0.561. The van der Waals surface area contributed by atoms with Crippen LogP contribution in [0.1, 0.15) is 17.2 Å². The third-order valence-corrected chi connectivity index (χ3v) is 3.76. The first-order valence-electron chi connectivity index (χ1n) is 5.50. The molecule has 1 unspecified atom stereocenters. The van der Waals surface area contributed by atoms with E-state index in [0.29, 0.717) is 5.56 Å². The molecule has 0 fully saturated rings. The molecule has 0 amide bonds. The molecule has 1 atom stereocenters. The van der Waals surface area contributed by atoms with E-state index in [1.165, 1.54) is 12.1 Å². The molecule has 0 radical (unpaired) electrons. The molecule has 2 rings (SSSR count). The second-order valence-corrected chi connectivity index (χ2v) is 5.07.